The Morgan fingerprint density at radius 3 is 3.00 bits per heavy atom. The highest BCUT2D eigenvalue weighted by molar-refractivity contribution is 5.91. The largest absolute Gasteiger partial charge is 0.472 e. The summed E-state index contributed by atoms with van der Waals surface area (Å²) in [6, 6.07) is 11.6. The Morgan fingerprint density at radius 1 is 1.43 bits per heavy atom. The summed E-state index contributed by atoms with van der Waals surface area (Å²) in [7, 11) is 0. The zero-order valence-electron chi connectivity index (χ0n) is 11.6. The molecule has 0 saturated heterocycles. The minimum atomic E-state index is -0.544. The molecule has 110 valence electrons. The first kappa shape index (κ1) is 13.6. The van der Waals surface area contributed by atoms with E-state index >= 15 is 0 Å². The number of aryl methyl sites for hydroxylation is 1. The fraction of sp³-hybridized carbons (Fsp3) is 0.333. The molecule has 1 amide bonds. The number of rotatable bonds is 5. The Balaban J connectivity index is 1.53. The zero-order chi connectivity index (χ0) is 14.7. The molecule has 1 atom stereocenters. The lowest BCUT2D eigenvalue weighted by atomic mass is 10.2. The van der Waals surface area contributed by atoms with Gasteiger partial charge in [0.15, 0.2) is 5.69 Å². The molecule has 0 fully saturated rings. The molecule has 3 rings (SSSR count). The molecule has 1 aliphatic heterocycles. The van der Waals surface area contributed by atoms with Crippen molar-refractivity contribution in [3.05, 3.63) is 47.7 Å². The number of amides is 1. The van der Waals surface area contributed by atoms with Gasteiger partial charge in [-0.25, -0.2) is 4.68 Å². The second-order valence-corrected chi connectivity index (χ2v) is 4.98. The lowest BCUT2D eigenvalue weighted by Crippen LogP contribution is -2.30. The number of hydrogen-bond acceptors (Lipinski definition) is 4. The van der Waals surface area contributed by atoms with E-state index in [4.69, 9.17) is 15.2 Å². The van der Waals surface area contributed by atoms with Crippen LogP contribution in [0.5, 0.6) is 5.88 Å². The van der Waals surface area contributed by atoms with E-state index in [1.807, 2.05) is 30.3 Å². The summed E-state index contributed by atoms with van der Waals surface area (Å²) in [5.74, 6) is 0.0285. The van der Waals surface area contributed by atoms with E-state index in [1.54, 1.807) is 10.7 Å². The molecule has 0 aliphatic carbocycles. The van der Waals surface area contributed by atoms with Gasteiger partial charge in [0, 0.05) is 19.0 Å². The van der Waals surface area contributed by atoms with Gasteiger partial charge in [-0.2, -0.15) is 5.10 Å². The summed E-state index contributed by atoms with van der Waals surface area (Å²) < 4.78 is 13.1. The Labute approximate surface area is 122 Å². The Morgan fingerprint density at radius 2 is 2.24 bits per heavy atom. The van der Waals surface area contributed by atoms with E-state index in [1.165, 1.54) is 0 Å². The summed E-state index contributed by atoms with van der Waals surface area (Å²) in [5, 5.41) is 4.09. The van der Waals surface area contributed by atoms with Crippen LogP contribution in [-0.4, -0.2) is 28.4 Å². The molecule has 2 aromatic rings. The molecule has 0 spiro atoms. The molecule has 1 aromatic carbocycles. The summed E-state index contributed by atoms with van der Waals surface area (Å²) in [6.07, 6.45) is 0.764. The Hall–Kier alpha value is -2.34. The average Bonchev–Trinajstić information content (AvgIpc) is 2.92. The lowest BCUT2D eigenvalue weighted by molar-refractivity contribution is 0.0187. The van der Waals surface area contributed by atoms with E-state index in [0.29, 0.717) is 25.6 Å². The fourth-order valence-corrected chi connectivity index (χ4v) is 2.27. The number of aromatic nitrogens is 2. The van der Waals surface area contributed by atoms with Crippen LogP contribution in [0.4, 0.5) is 0 Å². The highest BCUT2D eigenvalue weighted by Crippen LogP contribution is 2.22. The van der Waals surface area contributed by atoms with Gasteiger partial charge < -0.3 is 15.2 Å². The number of benzene rings is 1. The summed E-state index contributed by atoms with van der Waals surface area (Å²) in [6.45, 7) is 1.76. The number of carbonyl (C=O) groups excluding carboxylic acids is 1. The van der Waals surface area contributed by atoms with Gasteiger partial charge in [0.1, 0.15) is 6.10 Å². The molecule has 0 bridgehead atoms. The van der Waals surface area contributed by atoms with Crippen LogP contribution in [0.25, 0.3) is 0 Å². The average molecular weight is 287 g/mol. The van der Waals surface area contributed by atoms with Crippen molar-refractivity contribution in [2.45, 2.75) is 25.7 Å². The van der Waals surface area contributed by atoms with Gasteiger partial charge in [-0.15, -0.1) is 0 Å². The monoisotopic (exact) mass is 287 g/mol. The van der Waals surface area contributed by atoms with Crippen LogP contribution in [0.1, 0.15) is 22.5 Å². The maximum absolute atomic E-state index is 11.1. The first-order valence-corrected chi connectivity index (χ1v) is 6.88. The normalized spacial score (nSPS) is 17.0. The van der Waals surface area contributed by atoms with Crippen LogP contribution >= 0.6 is 0 Å². The molecule has 6 nitrogen and oxygen atoms in total. The van der Waals surface area contributed by atoms with Crippen LogP contribution in [0.3, 0.4) is 0 Å². The van der Waals surface area contributed by atoms with Crippen molar-refractivity contribution in [2.24, 2.45) is 5.73 Å². The minimum Gasteiger partial charge on any atom is -0.472 e. The van der Waals surface area contributed by atoms with Crippen molar-refractivity contribution < 1.29 is 14.3 Å². The number of ether oxygens (including phenoxy) is 2. The first-order valence-electron chi connectivity index (χ1n) is 6.88. The topological polar surface area (TPSA) is 79.4 Å². The molecule has 1 aliphatic rings. The van der Waals surface area contributed by atoms with Crippen molar-refractivity contribution >= 4 is 5.91 Å². The number of hydrogen-bond donors (Lipinski definition) is 1. The maximum Gasteiger partial charge on any atom is 0.269 e. The van der Waals surface area contributed by atoms with Crippen LogP contribution in [0.2, 0.25) is 0 Å². The standard InChI is InChI=1S/C15H17N3O3/c16-15(19)13-8-14-18(17-13)7-6-12(21-14)10-20-9-11-4-2-1-3-5-11/h1-5,8,12H,6-7,9-10H2,(H2,16,19). The molecule has 6 heteroatoms. The van der Waals surface area contributed by atoms with Crippen molar-refractivity contribution in [1.29, 1.82) is 0 Å². The third kappa shape index (κ3) is 3.22. The molecule has 0 saturated carbocycles. The van der Waals surface area contributed by atoms with E-state index in [2.05, 4.69) is 5.10 Å². The van der Waals surface area contributed by atoms with Gasteiger partial charge in [0.05, 0.1) is 13.2 Å². The maximum atomic E-state index is 11.1. The van der Waals surface area contributed by atoms with Crippen LogP contribution in [0, 0.1) is 0 Å². The quantitative estimate of drug-likeness (QED) is 0.900. The number of nitrogens with zero attached hydrogens (tertiary/aromatic N) is 2. The zero-order valence-corrected chi connectivity index (χ0v) is 11.6. The van der Waals surface area contributed by atoms with Gasteiger partial charge in [0.25, 0.3) is 5.91 Å². The van der Waals surface area contributed by atoms with Gasteiger partial charge in [-0.05, 0) is 5.56 Å². The molecular formula is C15H17N3O3. The molecule has 1 unspecified atom stereocenters. The summed E-state index contributed by atoms with van der Waals surface area (Å²) in [4.78, 5) is 11.1. The van der Waals surface area contributed by atoms with E-state index in [9.17, 15) is 4.79 Å². The number of fused-ring (bicyclic) bond motifs is 1. The van der Waals surface area contributed by atoms with Crippen LogP contribution < -0.4 is 10.5 Å². The number of nitrogens with two attached hydrogens (primary N) is 1. The van der Waals surface area contributed by atoms with Crippen molar-refractivity contribution in [2.75, 3.05) is 6.61 Å². The Kier molecular flexibility index (Phi) is 3.87. The number of carbonyl (C=O) groups is 1. The SMILES string of the molecule is NC(=O)c1cc2n(n1)CCC(COCc1ccccc1)O2. The first-order chi connectivity index (χ1) is 10.2. The highest BCUT2D eigenvalue weighted by atomic mass is 16.5. The predicted octanol–water partition coefficient (Wildman–Crippen LogP) is 1.35. The molecule has 2 heterocycles. The van der Waals surface area contributed by atoms with E-state index in [-0.39, 0.29) is 11.8 Å². The second-order valence-electron chi connectivity index (χ2n) is 4.98. The summed E-state index contributed by atoms with van der Waals surface area (Å²) >= 11 is 0. The van der Waals surface area contributed by atoms with Gasteiger partial charge in [0.2, 0.25) is 5.88 Å². The molecule has 1 aromatic heterocycles. The van der Waals surface area contributed by atoms with Crippen molar-refractivity contribution in [1.82, 2.24) is 9.78 Å². The molecular weight excluding hydrogens is 270 g/mol. The lowest BCUT2D eigenvalue weighted by Gasteiger charge is -2.24. The number of primary amides is 1. The van der Waals surface area contributed by atoms with Gasteiger partial charge in [-0.1, -0.05) is 30.3 Å². The highest BCUT2D eigenvalue weighted by Gasteiger charge is 2.23. The third-order valence-electron chi connectivity index (χ3n) is 3.36. The predicted molar refractivity (Wildman–Crippen MR) is 75.9 cm³/mol. The van der Waals surface area contributed by atoms with Crippen molar-refractivity contribution in [3.63, 3.8) is 0 Å². The molecule has 0 radical (unpaired) electrons. The summed E-state index contributed by atoms with van der Waals surface area (Å²) in [5.41, 5.74) is 6.58. The fourth-order valence-electron chi connectivity index (χ4n) is 2.27. The minimum absolute atomic E-state index is 0.0290. The van der Waals surface area contributed by atoms with Crippen LogP contribution in [-0.2, 0) is 17.9 Å². The molecule has 2 N–H and O–H groups in total. The van der Waals surface area contributed by atoms with Gasteiger partial charge in [-0.3, -0.25) is 4.79 Å². The smallest absolute Gasteiger partial charge is 0.269 e. The van der Waals surface area contributed by atoms with E-state index in [0.717, 1.165) is 12.0 Å². The Bertz CT molecular complexity index is 624. The van der Waals surface area contributed by atoms with E-state index < -0.39 is 5.91 Å². The van der Waals surface area contributed by atoms with Crippen LogP contribution in [0.15, 0.2) is 36.4 Å². The third-order valence-corrected chi connectivity index (χ3v) is 3.36. The molecule has 21 heavy (non-hydrogen) atoms. The van der Waals surface area contributed by atoms with Gasteiger partial charge >= 0.3 is 0 Å². The second kappa shape index (κ2) is 5.97. The van der Waals surface area contributed by atoms with Crippen molar-refractivity contribution in [3.8, 4) is 5.88 Å².